The van der Waals surface area contributed by atoms with E-state index in [2.05, 4.69) is 243 Å². The Bertz CT molecular complexity index is 3160. The number of hydrogen-bond donors (Lipinski definition) is 0. The van der Waals surface area contributed by atoms with Gasteiger partial charge in [0.25, 0.3) is 0 Å². The average Bonchev–Trinajstić information content (AvgIpc) is 3.54. The Labute approximate surface area is 352 Å². The molecule has 0 atom stereocenters. The highest BCUT2D eigenvalue weighted by molar-refractivity contribution is 6.15. The predicted molar refractivity (Wildman–Crippen MR) is 255 cm³/mol. The summed E-state index contributed by atoms with van der Waals surface area (Å²) in [5.74, 6) is 0. The fraction of sp³-hybridized carbons (Fsp3) is 0.0508. The van der Waals surface area contributed by atoms with Crippen molar-refractivity contribution in [2.24, 2.45) is 0 Å². The Morgan fingerprint density at radius 2 is 0.867 bits per heavy atom. The van der Waals surface area contributed by atoms with Gasteiger partial charge in [0.2, 0.25) is 0 Å². The summed E-state index contributed by atoms with van der Waals surface area (Å²) in [6, 6.07) is 82.7. The molecule has 0 N–H and O–H groups in total. The van der Waals surface area contributed by atoms with Crippen molar-refractivity contribution in [3.63, 3.8) is 0 Å². The maximum atomic E-state index is 2.52. The zero-order valence-corrected chi connectivity index (χ0v) is 33.8. The highest BCUT2D eigenvalue weighted by atomic mass is 15.1. The lowest BCUT2D eigenvalue weighted by molar-refractivity contribution is 0.660. The minimum absolute atomic E-state index is 0.164. The first kappa shape index (κ1) is 35.7. The first-order valence-corrected chi connectivity index (χ1v) is 20.9. The molecule has 0 radical (unpaired) electrons. The van der Waals surface area contributed by atoms with Gasteiger partial charge >= 0.3 is 0 Å². The predicted octanol–water partition coefficient (Wildman–Crippen LogP) is 16.4. The number of benzene rings is 10. The Morgan fingerprint density at radius 1 is 0.317 bits per heavy atom. The van der Waals surface area contributed by atoms with Crippen LogP contribution in [0.15, 0.2) is 224 Å². The van der Waals surface area contributed by atoms with Crippen LogP contribution in [0, 0.1) is 0 Å². The fourth-order valence-corrected chi connectivity index (χ4v) is 9.73. The van der Waals surface area contributed by atoms with Gasteiger partial charge in [0.05, 0.1) is 5.69 Å². The van der Waals surface area contributed by atoms with Crippen molar-refractivity contribution in [1.29, 1.82) is 0 Å². The number of nitrogens with zero attached hydrogens (tertiary/aromatic N) is 1. The Balaban J connectivity index is 1.24. The lowest BCUT2D eigenvalue weighted by Crippen LogP contribution is -2.17. The largest absolute Gasteiger partial charge is 0.310 e. The maximum absolute atomic E-state index is 2.52. The normalized spacial score (nSPS) is 12.6. The number of rotatable bonds is 7. The Morgan fingerprint density at radius 3 is 1.57 bits per heavy atom. The van der Waals surface area contributed by atoms with Crippen LogP contribution in [-0.2, 0) is 5.41 Å². The van der Waals surface area contributed by atoms with E-state index in [-0.39, 0.29) is 5.41 Å². The molecule has 284 valence electrons. The van der Waals surface area contributed by atoms with Crippen molar-refractivity contribution in [3.05, 3.63) is 236 Å². The van der Waals surface area contributed by atoms with E-state index in [0.717, 1.165) is 17.1 Å². The molecule has 1 nitrogen and oxygen atoms in total. The number of anilines is 3. The van der Waals surface area contributed by atoms with Crippen LogP contribution in [-0.4, -0.2) is 0 Å². The molecule has 0 aromatic heterocycles. The smallest absolute Gasteiger partial charge is 0.0546 e. The van der Waals surface area contributed by atoms with Crippen LogP contribution in [0.1, 0.15) is 25.0 Å². The summed E-state index contributed by atoms with van der Waals surface area (Å²) in [6.45, 7) is 4.74. The average molecular weight is 766 g/mol. The monoisotopic (exact) mass is 765 g/mol. The summed E-state index contributed by atoms with van der Waals surface area (Å²) in [5, 5.41) is 5.00. The molecule has 0 unspecified atom stereocenters. The van der Waals surface area contributed by atoms with E-state index in [1.165, 1.54) is 88.3 Å². The van der Waals surface area contributed by atoms with Crippen LogP contribution < -0.4 is 4.90 Å². The molecule has 1 aliphatic carbocycles. The summed E-state index contributed by atoms with van der Waals surface area (Å²) < 4.78 is 0. The fourth-order valence-electron chi connectivity index (χ4n) is 9.73. The van der Waals surface area contributed by atoms with Crippen molar-refractivity contribution in [2.75, 3.05) is 4.90 Å². The molecule has 0 saturated heterocycles. The summed E-state index contributed by atoms with van der Waals surface area (Å²) in [7, 11) is 0. The summed E-state index contributed by atoms with van der Waals surface area (Å²) >= 11 is 0. The molecule has 0 spiro atoms. The molecule has 60 heavy (non-hydrogen) atoms. The van der Waals surface area contributed by atoms with Crippen LogP contribution in [0.25, 0.3) is 77.2 Å². The van der Waals surface area contributed by atoms with Crippen LogP contribution in [0.5, 0.6) is 0 Å². The molecular weight excluding hydrogens is 723 g/mol. The van der Waals surface area contributed by atoms with Gasteiger partial charge in [0.1, 0.15) is 0 Å². The third kappa shape index (κ3) is 5.93. The second kappa shape index (κ2) is 14.4. The van der Waals surface area contributed by atoms with Gasteiger partial charge in [-0.3, -0.25) is 0 Å². The molecule has 0 bridgehead atoms. The van der Waals surface area contributed by atoms with E-state index in [0.29, 0.717) is 0 Å². The van der Waals surface area contributed by atoms with Crippen LogP contribution in [0.3, 0.4) is 0 Å². The third-order valence-electron chi connectivity index (χ3n) is 12.6. The van der Waals surface area contributed by atoms with E-state index < -0.39 is 0 Å². The van der Waals surface area contributed by atoms with Gasteiger partial charge in [0.15, 0.2) is 0 Å². The first-order valence-electron chi connectivity index (χ1n) is 20.9. The van der Waals surface area contributed by atoms with Crippen molar-refractivity contribution in [1.82, 2.24) is 0 Å². The van der Waals surface area contributed by atoms with Crippen molar-refractivity contribution >= 4 is 38.6 Å². The second-order valence-corrected chi connectivity index (χ2v) is 16.5. The van der Waals surface area contributed by atoms with E-state index in [1.807, 2.05) is 0 Å². The van der Waals surface area contributed by atoms with Gasteiger partial charge in [-0.15, -0.1) is 0 Å². The van der Waals surface area contributed by atoms with E-state index >= 15 is 0 Å². The Kier molecular flexibility index (Phi) is 8.57. The van der Waals surface area contributed by atoms with E-state index in [1.54, 1.807) is 0 Å². The van der Waals surface area contributed by atoms with Crippen LogP contribution in [0.2, 0.25) is 0 Å². The van der Waals surface area contributed by atoms with Gasteiger partial charge in [-0.25, -0.2) is 0 Å². The van der Waals surface area contributed by atoms with Crippen molar-refractivity contribution in [3.8, 4) is 55.6 Å². The molecule has 0 heterocycles. The zero-order valence-electron chi connectivity index (χ0n) is 33.8. The summed E-state index contributed by atoms with van der Waals surface area (Å²) in [6.07, 6.45) is 0. The second-order valence-electron chi connectivity index (χ2n) is 16.5. The minimum Gasteiger partial charge on any atom is -0.310 e. The van der Waals surface area contributed by atoms with Gasteiger partial charge < -0.3 is 4.90 Å². The maximum Gasteiger partial charge on any atom is 0.0546 e. The van der Waals surface area contributed by atoms with Gasteiger partial charge in [-0.05, 0) is 125 Å². The molecule has 10 aromatic carbocycles. The SMILES string of the molecule is CC1(C)c2ccccc2-c2ccc(N(c3cc(-c4ccccc4)cc(-c4ccccc4)c3)c3cccc(-c4cc5ccccc5c5ccccc45)c3-c3ccccc3)cc21. The van der Waals surface area contributed by atoms with E-state index in [4.69, 9.17) is 0 Å². The molecule has 10 aromatic rings. The van der Waals surface area contributed by atoms with Gasteiger partial charge in [-0.2, -0.15) is 0 Å². The molecule has 0 fully saturated rings. The quantitative estimate of drug-likeness (QED) is 0.146. The minimum atomic E-state index is -0.164. The molecule has 0 saturated carbocycles. The lowest BCUT2D eigenvalue weighted by Gasteiger charge is -2.31. The highest BCUT2D eigenvalue weighted by Gasteiger charge is 2.36. The van der Waals surface area contributed by atoms with Crippen LogP contribution >= 0.6 is 0 Å². The standard InChI is InChI=1S/C59H43N/c1-59(2)55-31-17-16-29-51(55)52-34-33-46(39-56(52)59)60(47-36-44(40-19-6-3-7-20-40)35-45(37-47)41-21-8-4-9-22-41)57-32-18-30-53(58(57)42-23-10-5-11-24-42)54-38-43-25-12-13-26-48(43)49-27-14-15-28-50(49)54/h3-39H,1-2H3. The zero-order chi connectivity index (χ0) is 40.2. The molecule has 0 amide bonds. The Hall–Kier alpha value is -7.48. The molecule has 0 aliphatic heterocycles. The van der Waals surface area contributed by atoms with Crippen molar-refractivity contribution < 1.29 is 0 Å². The molecule has 11 rings (SSSR count). The summed E-state index contributed by atoms with van der Waals surface area (Å²) in [4.78, 5) is 2.52. The van der Waals surface area contributed by atoms with Crippen molar-refractivity contribution in [2.45, 2.75) is 19.3 Å². The van der Waals surface area contributed by atoms with Gasteiger partial charge in [-0.1, -0.05) is 196 Å². The third-order valence-corrected chi connectivity index (χ3v) is 12.6. The van der Waals surface area contributed by atoms with E-state index in [9.17, 15) is 0 Å². The lowest BCUT2D eigenvalue weighted by atomic mass is 9.82. The topological polar surface area (TPSA) is 3.24 Å². The highest BCUT2D eigenvalue weighted by Crippen LogP contribution is 2.53. The first-order chi connectivity index (χ1) is 29.5. The molecule has 1 aliphatic rings. The number of hydrogen-bond acceptors (Lipinski definition) is 1. The number of fused-ring (bicyclic) bond motifs is 6. The van der Waals surface area contributed by atoms with Gasteiger partial charge in [0, 0.05) is 22.4 Å². The molecule has 1 heteroatoms. The van der Waals surface area contributed by atoms with Crippen LogP contribution in [0.4, 0.5) is 17.1 Å². The molecular formula is C59H43N. The summed E-state index contributed by atoms with van der Waals surface area (Å²) in [5.41, 5.74) is 18.0.